The largest absolute Gasteiger partial charge is 0.469 e. The van der Waals surface area contributed by atoms with Crippen molar-refractivity contribution in [2.45, 2.75) is 12.1 Å². The summed E-state index contributed by atoms with van der Waals surface area (Å²) in [6.45, 7) is 1.87. The quantitative estimate of drug-likeness (QED) is 0.652. The summed E-state index contributed by atoms with van der Waals surface area (Å²) in [6, 6.07) is 12.0. The van der Waals surface area contributed by atoms with E-state index in [0.717, 1.165) is 17.1 Å². The van der Waals surface area contributed by atoms with Gasteiger partial charge in [-0.1, -0.05) is 54.2 Å². The fraction of sp³-hybridized carbons (Fsp3) is 0.125. The van der Waals surface area contributed by atoms with Crippen LogP contribution < -0.4 is 0 Å². The van der Waals surface area contributed by atoms with Gasteiger partial charge in [0.05, 0.1) is 11.8 Å². The number of benzene rings is 1. The topological polar surface area (TPSA) is 52.1 Å². The molecule has 1 aromatic carbocycles. The first-order valence-corrected chi connectivity index (χ1v) is 7.54. The number of hydrogen-bond donors (Lipinski definition) is 0. The molecule has 0 saturated heterocycles. The molecule has 0 aliphatic rings. The minimum atomic E-state index is 0.496. The molecule has 0 spiro atoms. The molecule has 0 aliphatic carbocycles. The smallest absolute Gasteiger partial charge is 0.277 e. The summed E-state index contributed by atoms with van der Waals surface area (Å²) in [6.07, 6.45) is 5.77. The van der Waals surface area contributed by atoms with Crippen LogP contribution in [0.4, 0.5) is 0 Å². The Morgan fingerprint density at radius 3 is 2.76 bits per heavy atom. The number of nitrogens with zero attached hydrogens (tertiary/aromatic N) is 2. The van der Waals surface area contributed by atoms with Crippen molar-refractivity contribution in [2.24, 2.45) is 0 Å². The highest BCUT2D eigenvalue weighted by Crippen LogP contribution is 2.26. The van der Waals surface area contributed by atoms with Gasteiger partial charge in [-0.15, -0.1) is 10.2 Å². The molecule has 4 nitrogen and oxygen atoms in total. The highest BCUT2D eigenvalue weighted by atomic mass is 32.2. The number of aromatic nitrogens is 2. The normalized spacial score (nSPS) is 11.3. The molecular weight excluding hydrogens is 284 g/mol. The number of thioether (sulfide) groups is 1. The SMILES string of the molecule is Cc1occc1-c1nnc(SCC=Cc2ccccc2)o1. The van der Waals surface area contributed by atoms with Gasteiger partial charge in [0, 0.05) is 5.75 Å². The second-order valence-electron chi connectivity index (χ2n) is 4.39. The Kier molecular flexibility index (Phi) is 4.21. The van der Waals surface area contributed by atoms with E-state index in [0.29, 0.717) is 11.1 Å². The maximum atomic E-state index is 5.61. The van der Waals surface area contributed by atoms with Crippen LogP contribution in [0, 0.1) is 6.92 Å². The fourth-order valence-electron chi connectivity index (χ4n) is 1.85. The molecule has 0 N–H and O–H groups in total. The number of rotatable bonds is 5. The summed E-state index contributed by atoms with van der Waals surface area (Å²) >= 11 is 1.51. The van der Waals surface area contributed by atoms with Crippen LogP contribution in [-0.2, 0) is 0 Å². The van der Waals surface area contributed by atoms with E-state index < -0.39 is 0 Å². The molecule has 0 amide bonds. The van der Waals surface area contributed by atoms with E-state index >= 15 is 0 Å². The van der Waals surface area contributed by atoms with Gasteiger partial charge in [0.15, 0.2) is 0 Å². The monoisotopic (exact) mass is 298 g/mol. The first kappa shape index (κ1) is 13.7. The second-order valence-corrected chi connectivity index (χ2v) is 5.36. The summed E-state index contributed by atoms with van der Waals surface area (Å²) in [5.74, 6) is 2.05. The van der Waals surface area contributed by atoms with Crippen molar-refractivity contribution in [2.75, 3.05) is 5.75 Å². The third kappa shape index (κ3) is 3.44. The first-order chi connectivity index (χ1) is 10.3. The average molecular weight is 298 g/mol. The van der Waals surface area contributed by atoms with Gasteiger partial charge in [0.2, 0.25) is 0 Å². The molecular formula is C16H14N2O2S. The summed E-state index contributed by atoms with van der Waals surface area (Å²) in [5, 5.41) is 8.62. The molecule has 3 aromatic rings. The van der Waals surface area contributed by atoms with Crippen molar-refractivity contribution in [1.82, 2.24) is 10.2 Å². The Balaban J connectivity index is 1.58. The van der Waals surface area contributed by atoms with Gasteiger partial charge >= 0.3 is 0 Å². The average Bonchev–Trinajstić information content (AvgIpc) is 3.13. The lowest BCUT2D eigenvalue weighted by Gasteiger charge is -1.92. The van der Waals surface area contributed by atoms with Gasteiger partial charge in [-0.25, -0.2) is 0 Å². The Hall–Kier alpha value is -2.27. The molecule has 2 heterocycles. The Morgan fingerprint density at radius 2 is 2.00 bits per heavy atom. The predicted octanol–water partition coefficient (Wildman–Crippen LogP) is 4.44. The number of furan rings is 1. The minimum Gasteiger partial charge on any atom is -0.469 e. The molecule has 0 bridgehead atoms. The van der Waals surface area contributed by atoms with Crippen molar-refractivity contribution >= 4 is 17.8 Å². The maximum Gasteiger partial charge on any atom is 0.277 e. The molecule has 0 radical (unpaired) electrons. The first-order valence-electron chi connectivity index (χ1n) is 6.55. The number of hydrogen-bond acceptors (Lipinski definition) is 5. The van der Waals surface area contributed by atoms with Crippen LogP contribution in [0.2, 0.25) is 0 Å². The molecule has 5 heteroatoms. The van der Waals surface area contributed by atoms with Gasteiger partial charge in [0.25, 0.3) is 11.1 Å². The van der Waals surface area contributed by atoms with E-state index in [4.69, 9.17) is 8.83 Å². The van der Waals surface area contributed by atoms with Crippen LogP contribution >= 0.6 is 11.8 Å². The Bertz CT molecular complexity index is 732. The Morgan fingerprint density at radius 1 is 1.14 bits per heavy atom. The van der Waals surface area contributed by atoms with E-state index in [1.54, 1.807) is 6.26 Å². The molecule has 106 valence electrons. The van der Waals surface area contributed by atoms with Gasteiger partial charge in [0.1, 0.15) is 5.76 Å². The zero-order chi connectivity index (χ0) is 14.5. The van der Waals surface area contributed by atoms with Crippen LogP contribution in [0.15, 0.2) is 62.8 Å². The van der Waals surface area contributed by atoms with Crippen LogP contribution in [-0.4, -0.2) is 16.0 Å². The van der Waals surface area contributed by atoms with Crippen LogP contribution in [0.3, 0.4) is 0 Å². The van der Waals surface area contributed by atoms with Crippen molar-refractivity contribution in [3.05, 3.63) is 60.1 Å². The van der Waals surface area contributed by atoms with E-state index in [9.17, 15) is 0 Å². The zero-order valence-electron chi connectivity index (χ0n) is 11.5. The summed E-state index contributed by atoms with van der Waals surface area (Å²) in [7, 11) is 0. The van der Waals surface area contributed by atoms with E-state index in [-0.39, 0.29) is 0 Å². The lowest BCUT2D eigenvalue weighted by Crippen LogP contribution is -1.76. The molecule has 3 rings (SSSR count). The summed E-state index contributed by atoms with van der Waals surface area (Å²) in [5.41, 5.74) is 2.02. The lowest BCUT2D eigenvalue weighted by molar-refractivity contribution is 0.464. The second kappa shape index (κ2) is 6.45. The molecule has 0 fully saturated rings. The Labute approximate surface area is 126 Å². The van der Waals surface area contributed by atoms with Gasteiger partial charge in [-0.2, -0.15) is 0 Å². The van der Waals surface area contributed by atoms with Gasteiger partial charge < -0.3 is 8.83 Å². The molecule has 2 aromatic heterocycles. The van der Waals surface area contributed by atoms with Crippen molar-refractivity contribution in [3.63, 3.8) is 0 Å². The van der Waals surface area contributed by atoms with Crippen molar-refractivity contribution in [1.29, 1.82) is 0 Å². The molecule has 0 aliphatic heterocycles. The van der Waals surface area contributed by atoms with Crippen LogP contribution in [0.5, 0.6) is 0 Å². The third-order valence-electron chi connectivity index (χ3n) is 2.91. The van der Waals surface area contributed by atoms with E-state index in [1.165, 1.54) is 17.3 Å². The van der Waals surface area contributed by atoms with Crippen molar-refractivity contribution in [3.8, 4) is 11.5 Å². The van der Waals surface area contributed by atoms with Gasteiger partial charge in [-0.3, -0.25) is 0 Å². The van der Waals surface area contributed by atoms with E-state index in [2.05, 4.69) is 34.5 Å². The highest BCUT2D eigenvalue weighted by Gasteiger charge is 2.12. The maximum absolute atomic E-state index is 5.61. The van der Waals surface area contributed by atoms with Crippen LogP contribution in [0.1, 0.15) is 11.3 Å². The van der Waals surface area contributed by atoms with Crippen LogP contribution in [0.25, 0.3) is 17.5 Å². The van der Waals surface area contributed by atoms with Crippen molar-refractivity contribution < 1.29 is 8.83 Å². The summed E-state index contributed by atoms with van der Waals surface area (Å²) < 4.78 is 10.8. The summed E-state index contributed by atoms with van der Waals surface area (Å²) in [4.78, 5) is 0. The lowest BCUT2D eigenvalue weighted by atomic mass is 10.2. The van der Waals surface area contributed by atoms with Gasteiger partial charge in [-0.05, 0) is 18.6 Å². The molecule has 0 unspecified atom stereocenters. The molecule has 0 saturated carbocycles. The van der Waals surface area contributed by atoms with E-state index in [1.807, 2.05) is 31.2 Å². The highest BCUT2D eigenvalue weighted by molar-refractivity contribution is 7.99. The molecule has 0 atom stereocenters. The third-order valence-corrected chi connectivity index (χ3v) is 3.68. The molecule has 21 heavy (non-hydrogen) atoms. The zero-order valence-corrected chi connectivity index (χ0v) is 12.3. The predicted molar refractivity (Wildman–Crippen MR) is 82.9 cm³/mol. The standard InChI is InChI=1S/C16H14N2O2S/c1-12-14(9-10-19-12)15-17-18-16(20-15)21-11-5-8-13-6-3-2-4-7-13/h2-10H,11H2,1H3. The number of aryl methyl sites for hydroxylation is 1. The minimum absolute atomic E-state index is 0.496. The fourth-order valence-corrected chi connectivity index (χ4v) is 2.42.